The number of amides is 1. The highest BCUT2D eigenvalue weighted by Gasteiger charge is 2.18. The van der Waals surface area contributed by atoms with Crippen LogP contribution in [-0.4, -0.2) is 10.9 Å². The third-order valence-electron chi connectivity index (χ3n) is 2.96. The summed E-state index contributed by atoms with van der Waals surface area (Å²) in [5.41, 5.74) is 7.07. The van der Waals surface area contributed by atoms with Crippen molar-refractivity contribution in [2.45, 2.75) is 26.2 Å². The lowest BCUT2D eigenvalue weighted by molar-refractivity contribution is 0.102. The van der Waals surface area contributed by atoms with Crippen LogP contribution in [0.25, 0.3) is 0 Å². The smallest absolute Gasteiger partial charge is 0.255 e. The van der Waals surface area contributed by atoms with Crippen molar-refractivity contribution in [1.29, 1.82) is 0 Å². The van der Waals surface area contributed by atoms with Gasteiger partial charge in [0.05, 0.1) is 0 Å². The molecular weight excluding hydrogens is 269 g/mol. The molecule has 0 radical (unpaired) electrons. The van der Waals surface area contributed by atoms with Crippen molar-refractivity contribution in [2.75, 3.05) is 11.1 Å². The van der Waals surface area contributed by atoms with Crippen molar-refractivity contribution in [2.24, 2.45) is 0 Å². The summed E-state index contributed by atoms with van der Waals surface area (Å²) in [6.07, 6.45) is 0. The standard InChI is InChI=1S/C16H18FN3O/c1-16(2,3)13-7-10(8-14(18)20-13)15(21)19-12-6-4-5-11(17)9-12/h4-9H,1-3H3,(H2,18,20)(H,19,21). The van der Waals surface area contributed by atoms with Gasteiger partial charge in [0.15, 0.2) is 0 Å². The lowest BCUT2D eigenvalue weighted by Crippen LogP contribution is -2.18. The minimum atomic E-state index is -0.405. The molecule has 0 saturated carbocycles. The quantitative estimate of drug-likeness (QED) is 0.890. The highest BCUT2D eigenvalue weighted by molar-refractivity contribution is 6.04. The molecule has 0 saturated heterocycles. The molecule has 2 rings (SSSR count). The van der Waals surface area contributed by atoms with Gasteiger partial charge in [0, 0.05) is 22.4 Å². The molecule has 0 aliphatic rings. The SMILES string of the molecule is CC(C)(C)c1cc(C(=O)Nc2cccc(F)c2)cc(N)n1. The van der Waals surface area contributed by atoms with E-state index in [9.17, 15) is 9.18 Å². The summed E-state index contributed by atoms with van der Waals surface area (Å²) in [7, 11) is 0. The second-order valence-electron chi connectivity index (χ2n) is 5.88. The molecule has 3 N–H and O–H groups in total. The van der Waals surface area contributed by atoms with Gasteiger partial charge < -0.3 is 11.1 Å². The van der Waals surface area contributed by atoms with Crippen molar-refractivity contribution in [3.05, 3.63) is 53.5 Å². The molecule has 4 nitrogen and oxygen atoms in total. The molecule has 0 bridgehead atoms. The molecule has 21 heavy (non-hydrogen) atoms. The summed E-state index contributed by atoms with van der Waals surface area (Å²) >= 11 is 0. The van der Waals surface area contributed by atoms with E-state index < -0.39 is 5.82 Å². The highest BCUT2D eigenvalue weighted by atomic mass is 19.1. The molecular formula is C16H18FN3O. The topological polar surface area (TPSA) is 68.0 Å². The lowest BCUT2D eigenvalue weighted by atomic mass is 9.90. The van der Waals surface area contributed by atoms with Gasteiger partial charge in [0.2, 0.25) is 0 Å². The Morgan fingerprint density at radius 3 is 2.57 bits per heavy atom. The van der Waals surface area contributed by atoms with Crippen LogP contribution in [0.5, 0.6) is 0 Å². The fourth-order valence-electron chi connectivity index (χ4n) is 1.84. The minimum Gasteiger partial charge on any atom is -0.384 e. The Balaban J connectivity index is 2.29. The van der Waals surface area contributed by atoms with Crippen LogP contribution in [0.1, 0.15) is 36.8 Å². The van der Waals surface area contributed by atoms with Crippen LogP contribution in [0.3, 0.4) is 0 Å². The van der Waals surface area contributed by atoms with Gasteiger partial charge in [-0.1, -0.05) is 26.8 Å². The molecule has 0 fully saturated rings. The number of nitrogens with one attached hydrogen (secondary N) is 1. The Kier molecular flexibility index (Phi) is 3.93. The number of halogens is 1. The van der Waals surface area contributed by atoms with Crippen molar-refractivity contribution >= 4 is 17.4 Å². The average Bonchev–Trinajstić information content (AvgIpc) is 2.37. The van der Waals surface area contributed by atoms with Crippen molar-refractivity contribution in [3.63, 3.8) is 0 Å². The van der Waals surface area contributed by atoms with Crippen molar-refractivity contribution < 1.29 is 9.18 Å². The molecule has 0 unspecified atom stereocenters. The first-order valence-corrected chi connectivity index (χ1v) is 6.61. The molecule has 1 aromatic carbocycles. The van der Waals surface area contributed by atoms with Crippen molar-refractivity contribution in [1.82, 2.24) is 4.98 Å². The summed E-state index contributed by atoms with van der Waals surface area (Å²) in [5, 5.41) is 2.64. The molecule has 1 aromatic heterocycles. The first-order valence-electron chi connectivity index (χ1n) is 6.61. The van der Waals surface area contributed by atoms with Crippen molar-refractivity contribution in [3.8, 4) is 0 Å². The second kappa shape index (κ2) is 5.52. The number of rotatable bonds is 2. The van der Waals surface area contributed by atoms with Gasteiger partial charge in [-0.3, -0.25) is 4.79 Å². The first-order chi connectivity index (χ1) is 9.75. The van der Waals surface area contributed by atoms with Crippen LogP contribution in [-0.2, 0) is 5.41 Å². The Morgan fingerprint density at radius 1 is 1.24 bits per heavy atom. The number of nitrogens with zero attached hydrogens (tertiary/aromatic N) is 1. The van der Waals surface area contributed by atoms with E-state index in [1.807, 2.05) is 20.8 Å². The number of pyridine rings is 1. The minimum absolute atomic E-state index is 0.219. The number of nitrogens with two attached hydrogens (primary N) is 1. The van der Waals surface area contributed by atoms with Gasteiger partial charge in [-0.25, -0.2) is 9.37 Å². The van der Waals surface area contributed by atoms with E-state index >= 15 is 0 Å². The number of aromatic nitrogens is 1. The molecule has 2 aromatic rings. The molecule has 1 heterocycles. The van der Waals surface area contributed by atoms with E-state index in [-0.39, 0.29) is 17.1 Å². The number of carbonyl (C=O) groups excluding carboxylic acids is 1. The Labute approximate surface area is 123 Å². The second-order valence-corrected chi connectivity index (χ2v) is 5.88. The van der Waals surface area contributed by atoms with Crippen LogP contribution >= 0.6 is 0 Å². The van der Waals surface area contributed by atoms with Crippen LogP contribution < -0.4 is 11.1 Å². The number of carbonyl (C=O) groups is 1. The van der Waals surface area contributed by atoms with E-state index in [1.165, 1.54) is 24.3 Å². The fraction of sp³-hybridized carbons (Fsp3) is 0.250. The monoisotopic (exact) mass is 287 g/mol. The third-order valence-corrected chi connectivity index (χ3v) is 2.96. The van der Waals surface area contributed by atoms with Crippen LogP contribution in [0.15, 0.2) is 36.4 Å². The van der Waals surface area contributed by atoms with Crippen LogP contribution in [0, 0.1) is 5.82 Å². The fourth-order valence-corrected chi connectivity index (χ4v) is 1.84. The van der Waals surface area contributed by atoms with E-state index in [4.69, 9.17) is 5.73 Å². The number of benzene rings is 1. The highest BCUT2D eigenvalue weighted by Crippen LogP contribution is 2.23. The van der Waals surface area contributed by atoms with Gasteiger partial charge in [0.1, 0.15) is 11.6 Å². The maximum Gasteiger partial charge on any atom is 0.255 e. The number of hydrogen-bond acceptors (Lipinski definition) is 3. The molecule has 110 valence electrons. The number of anilines is 2. The average molecular weight is 287 g/mol. The predicted octanol–water partition coefficient (Wildman–Crippen LogP) is 3.35. The van der Waals surface area contributed by atoms with Gasteiger partial charge in [-0.2, -0.15) is 0 Å². The number of hydrogen-bond donors (Lipinski definition) is 2. The normalized spacial score (nSPS) is 11.2. The predicted molar refractivity (Wildman–Crippen MR) is 81.7 cm³/mol. The summed E-state index contributed by atoms with van der Waals surface area (Å²) in [6.45, 7) is 5.97. The maximum atomic E-state index is 13.1. The molecule has 0 spiro atoms. The largest absolute Gasteiger partial charge is 0.384 e. The van der Waals surface area contributed by atoms with Gasteiger partial charge in [0.25, 0.3) is 5.91 Å². The summed E-state index contributed by atoms with van der Waals surface area (Å²) < 4.78 is 13.1. The summed E-state index contributed by atoms with van der Waals surface area (Å²) in [4.78, 5) is 16.5. The van der Waals surface area contributed by atoms with Gasteiger partial charge >= 0.3 is 0 Å². The molecule has 5 heteroatoms. The van der Waals surface area contributed by atoms with E-state index in [2.05, 4.69) is 10.3 Å². The van der Waals surface area contributed by atoms with E-state index in [0.717, 1.165) is 5.69 Å². The zero-order valence-electron chi connectivity index (χ0n) is 12.3. The molecule has 0 aliphatic heterocycles. The first kappa shape index (κ1) is 15.0. The number of nitrogen functional groups attached to an aromatic ring is 1. The Hall–Kier alpha value is -2.43. The zero-order valence-corrected chi connectivity index (χ0v) is 12.3. The molecule has 0 aliphatic carbocycles. The van der Waals surface area contributed by atoms with Crippen LogP contribution in [0.4, 0.5) is 15.9 Å². The van der Waals surface area contributed by atoms with E-state index in [0.29, 0.717) is 11.3 Å². The molecule has 0 atom stereocenters. The Bertz CT molecular complexity index is 677. The van der Waals surface area contributed by atoms with Gasteiger partial charge in [-0.05, 0) is 30.3 Å². The Morgan fingerprint density at radius 2 is 1.95 bits per heavy atom. The summed E-state index contributed by atoms with van der Waals surface area (Å²) in [6, 6.07) is 8.93. The summed E-state index contributed by atoms with van der Waals surface area (Å²) in [5.74, 6) is -0.468. The maximum absolute atomic E-state index is 13.1. The third kappa shape index (κ3) is 3.78. The van der Waals surface area contributed by atoms with Crippen LogP contribution in [0.2, 0.25) is 0 Å². The van der Waals surface area contributed by atoms with E-state index in [1.54, 1.807) is 12.1 Å². The lowest BCUT2D eigenvalue weighted by Gasteiger charge is -2.19. The van der Waals surface area contributed by atoms with Gasteiger partial charge in [-0.15, -0.1) is 0 Å². The zero-order chi connectivity index (χ0) is 15.6. The molecule has 1 amide bonds.